The molecule has 0 spiro atoms. The third kappa shape index (κ3) is 2.52. The monoisotopic (exact) mass is 364 g/mol. The van der Waals surface area contributed by atoms with E-state index < -0.39 is 0 Å². The fourth-order valence-electron chi connectivity index (χ4n) is 3.14. The number of aromatic amines is 1. The second-order valence-corrected chi connectivity index (χ2v) is 7.24. The zero-order valence-corrected chi connectivity index (χ0v) is 15.1. The van der Waals surface area contributed by atoms with Crippen LogP contribution in [0.15, 0.2) is 47.9 Å². The van der Waals surface area contributed by atoms with Crippen LogP contribution < -0.4 is 15.2 Å². The van der Waals surface area contributed by atoms with Gasteiger partial charge in [0.15, 0.2) is 0 Å². The highest BCUT2D eigenvalue weighted by atomic mass is 32.1. The van der Waals surface area contributed by atoms with Crippen molar-refractivity contribution in [1.29, 1.82) is 5.26 Å². The molecule has 7 heteroatoms. The topological polar surface area (TPSA) is 97.0 Å². The quantitative estimate of drug-likeness (QED) is 0.739. The number of nitrogens with two attached hydrogens (primary N) is 1. The van der Waals surface area contributed by atoms with Gasteiger partial charge in [0.25, 0.3) is 0 Å². The summed E-state index contributed by atoms with van der Waals surface area (Å²) >= 11 is 1.63. The van der Waals surface area contributed by atoms with Crippen molar-refractivity contribution in [3.8, 4) is 29.0 Å². The van der Waals surface area contributed by atoms with Crippen LogP contribution in [0.5, 0.6) is 11.6 Å². The van der Waals surface area contributed by atoms with Crippen molar-refractivity contribution in [3.63, 3.8) is 0 Å². The minimum Gasteiger partial charge on any atom is -0.497 e. The van der Waals surface area contributed by atoms with Gasteiger partial charge >= 0.3 is 0 Å². The first-order chi connectivity index (χ1) is 12.6. The number of thiophene rings is 1. The van der Waals surface area contributed by atoms with Crippen LogP contribution in [0.4, 0.5) is 0 Å². The van der Waals surface area contributed by atoms with E-state index in [1.54, 1.807) is 18.4 Å². The summed E-state index contributed by atoms with van der Waals surface area (Å²) in [5.74, 6) is 0.916. The summed E-state index contributed by atoms with van der Waals surface area (Å²) in [6.07, 6.45) is 0. The molecule has 1 aliphatic rings. The predicted octanol–water partition coefficient (Wildman–Crippen LogP) is 3.67. The first-order valence-electron chi connectivity index (χ1n) is 7.99. The summed E-state index contributed by atoms with van der Waals surface area (Å²) in [6, 6.07) is 13.9. The van der Waals surface area contributed by atoms with Gasteiger partial charge in [0.2, 0.25) is 11.8 Å². The molecule has 0 fully saturated rings. The van der Waals surface area contributed by atoms with Crippen molar-refractivity contribution >= 4 is 11.3 Å². The van der Waals surface area contributed by atoms with Crippen LogP contribution >= 0.6 is 11.3 Å². The number of rotatable bonds is 3. The first-order valence-corrected chi connectivity index (χ1v) is 8.80. The van der Waals surface area contributed by atoms with Crippen LogP contribution in [0.25, 0.3) is 11.3 Å². The number of ether oxygens (including phenoxy) is 2. The minimum atomic E-state index is -0.317. The average molecular weight is 364 g/mol. The lowest BCUT2D eigenvalue weighted by Gasteiger charge is -2.22. The van der Waals surface area contributed by atoms with E-state index in [1.807, 2.05) is 43.3 Å². The van der Waals surface area contributed by atoms with Crippen molar-refractivity contribution < 1.29 is 9.47 Å². The molecule has 0 saturated carbocycles. The molecule has 26 heavy (non-hydrogen) atoms. The third-order valence-electron chi connectivity index (χ3n) is 4.34. The number of nitrogens with zero attached hydrogens (tertiary/aromatic N) is 2. The number of aryl methyl sites for hydroxylation is 1. The van der Waals surface area contributed by atoms with Gasteiger partial charge in [-0.25, -0.2) is 0 Å². The summed E-state index contributed by atoms with van der Waals surface area (Å²) in [7, 11) is 1.62. The van der Waals surface area contributed by atoms with E-state index in [9.17, 15) is 5.26 Å². The third-order valence-corrected chi connectivity index (χ3v) is 5.41. The molecule has 3 N–H and O–H groups in total. The molecular formula is C19H16N4O2S. The second-order valence-electron chi connectivity index (χ2n) is 5.92. The molecule has 1 unspecified atom stereocenters. The largest absolute Gasteiger partial charge is 0.497 e. The molecule has 2 aromatic heterocycles. The molecule has 130 valence electrons. The predicted molar refractivity (Wildman–Crippen MR) is 98.9 cm³/mol. The molecular weight excluding hydrogens is 348 g/mol. The summed E-state index contributed by atoms with van der Waals surface area (Å²) in [4.78, 5) is 2.19. The molecule has 6 nitrogen and oxygen atoms in total. The molecule has 3 heterocycles. The van der Waals surface area contributed by atoms with Crippen LogP contribution in [0.2, 0.25) is 0 Å². The highest BCUT2D eigenvalue weighted by molar-refractivity contribution is 7.12. The van der Waals surface area contributed by atoms with Gasteiger partial charge in [-0.1, -0.05) is 12.1 Å². The number of methoxy groups -OCH3 is 1. The summed E-state index contributed by atoms with van der Waals surface area (Å²) in [5.41, 5.74) is 8.89. The maximum Gasteiger partial charge on any atom is 0.244 e. The number of benzene rings is 1. The van der Waals surface area contributed by atoms with Gasteiger partial charge in [-0.15, -0.1) is 16.4 Å². The molecule has 4 rings (SSSR count). The zero-order valence-electron chi connectivity index (χ0n) is 14.2. The molecule has 0 bridgehead atoms. The lowest BCUT2D eigenvalue weighted by atomic mass is 9.87. The highest BCUT2D eigenvalue weighted by Crippen LogP contribution is 2.47. The van der Waals surface area contributed by atoms with Crippen molar-refractivity contribution in [3.05, 3.63) is 63.2 Å². The van der Waals surface area contributed by atoms with E-state index in [1.165, 1.54) is 0 Å². The Labute approximate surface area is 154 Å². The lowest BCUT2D eigenvalue weighted by Crippen LogP contribution is -2.20. The standard InChI is InChI=1S/C19H16N4O2S/c1-10-6-7-14(26-10)15-13(9-20)18(21)25-19-16(15)17(22-23-19)11-4-3-5-12(8-11)24-2/h3-8,15H,21H2,1-2H3,(H,22,23). The van der Waals surface area contributed by atoms with Gasteiger partial charge in [0, 0.05) is 15.3 Å². The fraction of sp³-hybridized carbons (Fsp3) is 0.158. The molecule has 0 radical (unpaired) electrons. The van der Waals surface area contributed by atoms with E-state index in [0.717, 1.165) is 32.3 Å². The Hall–Kier alpha value is -3.24. The van der Waals surface area contributed by atoms with Gasteiger partial charge < -0.3 is 15.2 Å². The smallest absolute Gasteiger partial charge is 0.244 e. The number of nitrogens with one attached hydrogen (secondary N) is 1. The van der Waals surface area contributed by atoms with E-state index in [0.29, 0.717) is 11.5 Å². The number of allylic oxidation sites excluding steroid dienone is 1. The van der Waals surface area contributed by atoms with Crippen LogP contribution in [0.1, 0.15) is 21.2 Å². The van der Waals surface area contributed by atoms with E-state index in [-0.39, 0.29) is 11.8 Å². The first kappa shape index (κ1) is 16.2. The molecule has 0 saturated heterocycles. The number of nitriles is 1. The number of fused-ring (bicyclic) bond motifs is 1. The number of hydrogen-bond donors (Lipinski definition) is 2. The number of hydrogen-bond acceptors (Lipinski definition) is 6. The Bertz CT molecular complexity index is 1060. The Kier molecular flexibility index (Phi) is 3.90. The van der Waals surface area contributed by atoms with Crippen LogP contribution in [-0.2, 0) is 0 Å². The summed E-state index contributed by atoms with van der Waals surface area (Å²) < 4.78 is 10.9. The molecule has 3 aromatic rings. The maximum absolute atomic E-state index is 9.69. The summed E-state index contributed by atoms with van der Waals surface area (Å²) in [6.45, 7) is 2.03. The zero-order chi connectivity index (χ0) is 18.3. The average Bonchev–Trinajstić information content (AvgIpc) is 3.26. The Morgan fingerprint density at radius 3 is 2.88 bits per heavy atom. The lowest BCUT2D eigenvalue weighted by molar-refractivity contribution is 0.379. The van der Waals surface area contributed by atoms with Crippen LogP contribution in [0.3, 0.4) is 0 Å². The van der Waals surface area contributed by atoms with Gasteiger partial charge in [0.05, 0.1) is 24.3 Å². The Balaban J connectivity index is 1.93. The highest BCUT2D eigenvalue weighted by Gasteiger charge is 2.36. The minimum absolute atomic E-state index is 0.0970. The molecule has 0 amide bonds. The normalized spacial score (nSPS) is 16.0. The van der Waals surface area contributed by atoms with Gasteiger partial charge in [-0.3, -0.25) is 5.10 Å². The van der Waals surface area contributed by atoms with E-state index in [2.05, 4.69) is 16.3 Å². The number of aromatic nitrogens is 2. The van der Waals surface area contributed by atoms with E-state index in [4.69, 9.17) is 15.2 Å². The van der Waals surface area contributed by atoms with Gasteiger partial charge in [-0.05, 0) is 31.2 Å². The van der Waals surface area contributed by atoms with Crippen molar-refractivity contribution in [1.82, 2.24) is 10.2 Å². The molecule has 0 aliphatic carbocycles. The van der Waals surface area contributed by atoms with Crippen LogP contribution in [-0.4, -0.2) is 17.3 Å². The molecule has 1 atom stereocenters. The van der Waals surface area contributed by atoms with E-state index >= 15 is 0 Å². The Morgan fingerprint density at radius 1 is 1.35 bits per heavy atom. The molecule has 1 aliphatic heterocycles. The Morgan fingerprint density at radius 2 is 2.19 bits per heavy atom. The number of H-pyrrole nitrogens is 1. The van der Waals surface area contributed by atoms with Crippen LogP contribution in [0, 0.1) is 18.3 Å². The maximum atomic E-state index is 9.69. The van der Waals surface area contributed by atoms with Gasteiger partial charge in [0.1, 0.15) is 17.4 Å². The van der Waals surface area contributed by atoms with Crippen molar-refractivity contribution in [2.75, 3.05) is 7.11 Å². The van der Waals surface area contributed by atoms with Crippen molar-refractivity contribution in [2.45, 2.75) is 12.8 Å². The second kappa shape index (κ2) is 6.24. The fourth-order valence-corrected chi connectivity index (χ4v) is 4.13. The summed E-state index contributed by atoms with van der Waals surface area (Å²) in [5, 5.41) is 17.0. The van der Waals surface area contributed by atoms with Gasteiger partial charge in [-0.2, -0.15) is 5.26 Å². The molecule has 1 aromatic carbocycles. The van der Waals surface area contributed by atoms with Crippen molar-refractivity contribution in [2.24, 2.45) is 5.73 Å². The SMILES string of the molecule is COc1cccc(-c2[nH]nc3c2C(c2ccc(C)s2)C(C#N)=C(N)O3)c1.